The molecule has 4 rings (SSSR count). The second kappa shape index (κ2) is 11.0. The number of hydrogen-bond donors (Lipinski definition) is 3. The van der Waals surface area contributed by atoms with Crippen molar-refractivity contribution in [1.29, 1.82) is 5.26 Å². The number of nitrogens with zero attached hydrogens (tertiary/aromatic N) is 1. The summed E-state index contributed by atoms with van der Waals surface area (Å²) in [6, 6.07) is 20.6. The van der Waals surface area contributed by atoms with Crippen molar-refractivity contribution in [2.24, 2.45) is 0 Å². The largest absolute Gasteiger partial charge is 0.353 e. The quantitative estimate of drug-likeness (QED) is 0.390. The highest BCUT2D eigenvalue weighted by molar-refractivity contribution is 8.03. The minimum absolute atomic E-state index is 0.0286. The molecule has 1 atom stereocenters. The van der Waals surface area contributed by atoms with E-state index in [2.05, 4.69) is 22.0 Å². The van der Waals surface area contributed by atoms with Gasteiger partial charge in [-0.1, -0.05) is 36.0 Å². The molecule has 1 aliphatic heterocycles. The summed E-state index contributed by atoms with van der Waals surface area (Å²) in [6.45, 7) is 1.79. The molecule has 1 unspecified atom stereocenters. The van der Waals surface area contributed by atoms with Gasteiger partial charge in [0.1, 0.15) is 5.82 Å². The number of carbonyl (C=O) groups excluding carboxylic acids is 2. The molecule has 2 aromatic carbocycles. The van der Waals surface area contributed by atoms with E-state index in [1.54, 1.807) is 19.1 Å². The number of anilines is 2. The van der Waals surface area contributed by atoms with Crippen LogP contribution in [0.4, 0.5) is 15.8 Å². The molecule has 0 saturated heterocycles. The summed E-state index contributed by atoms with van der Waals surface area (Å²) in [5, 5.41) is 21.3. The molecule has 0 fully saturated rings. The zero-order valence-corrected chi connectivity index (χ0v) is 20.3. The number of para-hydroxylation sites is 1. The Kier molecular flexibility index (Phi) is 7.65. The summed E-state index contributed by atoms with van der Waals surface area (Å²) < 4.78 is 13.1. The van der Waals surface area contributed by atoms with E-state index in [4.69, 9.17) is 0 Å². The molecule has 176 valence electrons. The van der Waals surface area contributed by atoms with Crippen LogP contribution in [0.1, 0.15) is 17.7 Å². The molecule has 2 heterocycles. The van der Waals surface area contributed by atoms with Gasteiger partial charge in [0.25, 0.3) is 5.91 Å². The van der Waals surface area contributed by atoms with E-state index in [9.17, 15) is 19.2 Å². The Labute approximate surface area is 210 Å². The zero-order valence-electron chi connectivity index (χ0n) is 18.7. The van der Waals surface area contributed by atoms with Crippen LogP contribution in [0.3, 0.4) is 0 Å². The molecular weight excluding hydrogens is 483 g/mol. The molecule has 0 aliphatic carbocycles. The lowest BCUT2D eigenvalue weighted by Crippen LogP contribution is -2.30. The van der Waals surface area contributed by atoms with Gasteiger partial charge < -0.3 is 16.0 Å². The Hall–Kier alpha value is -3.87. The fourth-order valence-corrected chi connectivity index (χ4v) is 5.39. The molecule has 1 aromatic heterocycles. The van der Waals surface area contributed by atoms with Gasteiger partial charge in [0.05, 0.1) is 28.3 Å². The van der Waals surface area contributed by atoms with Crippen LogP contribution in [0.5, 0.6) is 0 Å². The van der Waals surface area contributed by atoms with Gasteiger partial charge in [0, 0.05) is 27.5 Å². The predicted octanol–water partition coefficient (Wildman–Crippen LogP) is 5.59. The van der Waals surface area contributed by atoms with Crippen molar-refractivity contribution in [2.45, 2.75) is 12.8 Å². The Morgan fingerprint density at radius 1 is 1.06 bits per heavy atom. The van der Waals surface area contributed by atoms with E-state index in [-0.39, 0.29) is 23.4 Å². The standard InChI is InChI=1S/C26H21FN4O2S2/c1-16-23(25(33)31-18-6-3-2-4-7-18)24(21-8-5-13-34-21)20(14-28)26(29-16)35-15-22(32)30-19-11-9-17(27)10-12-19/h2-13,24,29H,15H2,1H3,(H,30,32)(H,31,33). The summed E-state index contributed by atoms with van der Waals surface area (Å²) in [7, 11) is 0. The number of carbonyl (C=O) groups is 2. The SMILES string of the molecule is CC1=C(C(=O)Nc2ccccc2)C(c2cccs2)C(C#N)=C(SCC(=O)Nc2ccc(F)cc2)N1. The number of nitrogens with one attached hydrogen (secondary N) is 3. The Morgan fingerprint density at radius 2 is 1.77 bits per heavy atom. The Bertz CT molecular complexity index is 1330. The smallest absolute Gasteiger partial charge is 0.254 e. The number of thioether (sulfide) groups is 1. The summed E-state index contributed by atoms with van der Waals surface area (Å²) in [5.74, 6) is -1.52. The van der Waals surface area contributed by atoms with Crippen molar-refractivity contribution in [3.8, 4) is 6.07 Å². The van der Waals surface area contributed by atoms with E-state index in [1.165, 1.54) is 47.4 Å². The Balaban J connectivity index is 1.57. The van der Waals surface area contributed by atoms with Crippen molar-refractivity contribution < 1.29 is 14.0 Å². The number of allylic oxidation sites excluding steroid dienone is 2. The summed E-state index contributed by atoms with van der Waals surface area (Å²) >= 11 is 2.64. The molecule has 0 bridgehead atoms. The summed E-state index contributed by atoms with van der Waals surface area (Å²) in [4.78, 5) is 26.6. The molecule has 6 nitrogen and oxygen atoms in total. The number of hydrogen-bond acceptors (Lipinski definition) is 6. The van der Waals surface area contributed by atoms with Gasteiger partial charge in [0.2, 0.25) is 5.91 Å². The lowest BCUT2D eigenvalue weighted by molar-refractivity contribution is -0.114. The molecule has 0 saturated carbocycles. The van der Waals surface area contributed by atoms with E-state index < -0.39 is 5.92 Å². The minimum atomic E-state index is -0.562. The van der Waals surface area contributed by atoms with E-state index in [0.717, 1.165) is 4.88 Å². The van der Waals surface area contributed by atoms with Crippen LogP contribution < -0.4 is 16.0 Å². The third kappa shape index (κ3) is 5.80. The summed E-state index contributed by atoms with van der Waals surface area (Å²) in [5.41, 5.74) is 2.57. The number of benzene rings is 2. The number of halogens is 1. The average molecular weight is 505 g/mol. The maximum absolute atomic E-state index is 13.3. The highest BCUT2D eigenvalue weighted by Crippen LogP contribution is 2.42. The van der Waals surface area contributed by atoms with Gasteiger partial charge in [-0.05, 0) is 54.8 Å². The molecule has 9 heteroatoms. The second-order valence-corrected chi connectivity index (χ2v) is 9.60. The second-order valence-electron chi connectivity index (χ2n) is 7.63. The molecule has 3 N–H and O–H groups in total. The van der Waals surface area contributed by atoms with Crippen molar-refractivity contribution in [3.63, 3.8) is 0 Å². The third-order valence-electron chi connectivity index (χ3n) is 5.23. The van der Waals surface area contributed by atoms with Crippen molar-refractivity contribution >= 4 is 46.3 Å². The summed E-state index contributed by atoms with van der Waals surface area (Å²) in [6.07, 6.45) is 0. The maximum atomic E-state index is 13.3. The van der Waals surface area contributed by atoms with Crippen molar-refractivity contribution in [3.05, 3.63) is 105 Å². The highest BCUT2D eigenvalue weighted by atomic mass is 32.2. The van der Waals surface area contributed by atoms with Crippen LogP contribution in [0, 0.1) is 17.1 Å². The normalized spacial score (nSPS) is 15.3. The first-order valence-electron chi connectivity index (χ1n) is 10.7. The van der Waals surface area contributed by atoms with Gasteiger partial charge in [-0.2, -0.15) is 5.26 Å². The van der Waals surface area contributed by atoms with Crippen LogP contribution in [-0.2, 0) is 9.59 Å². The molecule has 3 aromatic rings. The van der Waals surface area contributed by atoms with Gasteiger partial charge in [-0.3, -0.25) is 9.59 Å². The predicted molar refractivity (Wildman–Crippen MR) is 138 cm³/mol. The lowest BCUT2D eigenvalue weighted by Gasteiger charge is -2.29. The zero-order chi connectivity index (χ0) is 24.8. The van der Waals surface area contributed by atoms with E-state index >= 15 is 0 Å². The monoisotopic (exact) mass is 504 g/mol. The van der Waals surface area contributed by atoms with Crippen LogP contribution >= 0.6 is 23.1 Å². The maximum Gasteiger partial charge on any atom is 0.254 e. The van der Waals surface area contributed by atoms with Crippen molar-refractivity contribution in [1.82, 2.24) is 5.32 Å². The number of rotatable bonds is 7. The molecule has 0 spiro atoms. The van der Waals surface area contributed by atoms with Gasteiger partial charge in [-0.25, -0.2) is 4.39 Å². The number of dihydropyridines is 1. The van der Waals surface area contributed by atoms with Crippen LogP contribution in [0.25, 0.3) is 0 Å². The number of thiophene rings is 1. The average Bonchev–Trinajstić information content (AvgIpc) is 3.39. The number of amides is 2. The third-order valence-corrected chi connectivity index (χ3v) is 7.18. The fraction of sp³-hybridized carbons (Fsp3) is 0.115. The van der Waals surface area contributed by atoms with Gasteiger partial charge in [0.15, 0.2) is 0 Å². The molecule has 1 aliphatic rings. The molecule has 0 radical (unpaired) electrons. The highest BCUT2D eigenvalue weighted by Gasteiger charge is 2.35. The first-order chi connectivity index (χ1) is 17.0. The fourth-order valence-electron chi connectivity index (χ4n) is 3.66. The van der Waals surface area contributed by atoms with Crippen LogP contribution in [0.15, 0.2) is 94.0 Å². The van der Waals surface area contributed by atoms with Crippen LogP contribution in [0.2, 0.25) is 0 Å². The Morgan fingerprint density at radius 3 is 2.43 bits per heavy atom. The van der Waals surface area contributed by atoms with Crippen LogP contribution in [-0.4, -0.2) is 17.6 Å². The topological polar surface area (TPSA) is 94.0 Å². The lowest BCUT2D eigenvalue weighted by atomic mass is 9.86. The van der Waals surface area contributed by atoms with E-state index in [0.29, 0.717) is 33.2 Å². The first kappa shape index (κ1) is 24.3. The van der Waals surface area contributed by atoms with Crippen molar-refractivity contribution in [2.75, 3.05) is 16.4 Å². The minimum Gasteiger partial charge on any atom is -0.353 e. The van der Waals surface area contributed by atoms with Gasteiger partial charge in [-0.15, -0.1) is 11.3 Å². The molecule has 2 amide bonds. The first-order valence-corrected chi connectivity index (χ1v) is 12.5. The van der Waals surface area contributed by atoms with E-state index in [1.807, 2.05) is 35.7 Å². The molecule has 35 heavy (non-hydrogen) atoms. The number of nitriles is 1. The van der Waals surface area contributed by atoms with Gasteiger partial charge >= 0.3 is 0 Å². The molecular formula is C26H21FN4O2S2.